The molecule has 5 heteroatoms. The largest absolute Gasteiger partial charge is 0.505 e. The van der Waals surface area contributed by atoms with E-state index >= 15 is 0 Å². The summed E-state index contributed by atoms with van der Waals surface area (Å²) in [5.74, 6) is -1.02. The van der Waals surface area contributed by atoms with Gasteiger partial charge in [-0.2, -0.15) is 0 Å². The third-order valence-electron chi connectivity index (χ3n) is 2.77. The van der Waals surface area contributed by atoms with Crippen molar-refractivity contribution in [2.24, 2.45) is 0 Å². The highest BCUT2D eigenvalue weighted by Crippen LogP contribution is 2.24. The topological polar surface area (TPSA) is 50.9 Å². The van der Waals surface area contributed by atoms with Crippen LogP contribution in [0.3, 0.4) is 0 Å². The normalized spacial score (nSPS) is 10.6. The number of hydrogen-bond donors (Lipinski definition) is 1. The van der Waals surface area contributed by atoms with E-state index in [4.69, 9.17) is 5.11 Å². The van der Waals surface area contributed by atoms with Crippen molar-refractivity contribution < 1.29 is 9.50 Å². The Morgan fingerprint density at radius 3 is 2.84 bits per heavy atom. The lowest BCUT2D eigenvalue weighted by atomic mass is 10.1. The van der Waals surface area contributed by atoms with Crippen LogP contribution in [0.5, 0.6) is 5.75 Å². The Balaban J connectivity index is 1.99. The molecule has 4 nitrogen and oxygen atoms in total. The van der Waals surface area contributed by atoms with Crippen LogP contribution in [0, 0.1) is 5.82 Å². The van der Waals surface area contributed by atoms with Crippen molar-refractivity contribution in [3.63, 3.8) is 0 Å². The summed E-state index contributed by atoms with van der Waals surface area (Å²) in [7, 11) is 0. The molecule has 3 aromatic rings. The van der Waals surface area contributed by atoms with E-state index in [1.54, 1.807) is 35.6 Å². The lowest BCUT2D eigenvalue weighted by Gasteiger charge is -2.00. The lowest BCUT2D eigenvalue weighted by Crippen LogP contribution is -1.89. The maximum atomic E-state index is 13.3. The summed E-state index contributed by atoms with van der Waals surface area (Å²) in [5.41, 5.74) is 2.11. The predicted octanol–water partition coefficient (Wildman–Crippen LogP) is 2.78. The van der Waals surface area contributed by atoms with E-state index in [-0.39, 0.29) is 5.75 Å². The van der Waals surface area contributed by atoms with Gasteiger partial charge in [0.1, 0.15) is 0 Å². The van der Waals surface area contributed by atoms with Gasteiger partial charge in [-0.3, -0.25) is 4.98 Å². The standard InChI is InChI=1S/C14H10FN3O/c15-12-6-10(3-4-14(12)19)13-8-18(9-17-13)11-2-1-5-16-7-11/h1-9,19H. The van der Waals surface area contributed by atoms with Gasteiger partial charge in [-0.05, 0) is 30.3 Å². The van der Waals surface area contributed by atoms with Gasteiger partial charge < -0.3 is 9.67 Å². The number of phenols is 1. The number of imidazole rings is 1. The first-order chi connectivity index (χ1) is 9.24. The Labute approximate surface area is 108 Å². The summed E-state index contributed by atoms with van der Waals surface area (Å²) in [6.45, 7) is 0. The van der Waals surface area contributed by atoms with E-state index in [1.165, 1.54) is 12.1 Å². The van der Waals surface area contributed by atoms with Gasteiger partial charge in [-0.1, -0.05) is 0 Å². The van der Waals surface area contributed by atoms with Crippen molar-refractivity contribution in [1.29, 1.82) is 0 Å². The van der Waals surface area contributed by atoms with E-state index < -0.39 is 5.82 Å². The molecular formula is C14H10FN3O. The van der Waals surface area contributed by atoms with Crippen LogP contribution in [0.1, 0.15) is 0 Å². The third kappa shape index (κ3) is 2.18. The Morgan fingerprint density at radius 2 is 2.11 bits per heavy atom. The fraction of sp³-hybridized carbons (Fsp3) is 0. The van der Waals surface area contributed by atoms with Crippen molar-refractivity contribution in [3.05, 3.63) is 61.1 Å². The molecule has 0 amide bonds. The van der Waals surface area contributed by atoms with Crippen LogP contribution in [0.25, 0.3) is 16.9 Å². The van der Waals surface area contributed by atoms with Gasteiger partial charge in [-0.25, -0.2) is 9.37 Å². The van der Waals surface area contributed by atoms with Crippen LogP contribution in [0.15, 0.2) is 55.2 Å². The van der Waals surface area contributed by atoms with Gasteiger partial charge in [0.05, 0.1) is 23.9 Å². The second-order valence-electron chi connectivity index (χ2n) is 4.04. The average Bonchev–Trinajstić information content (AvgIpc) is 2.93. The Morgan fingerprint density at radius 1 is 1.21 bits per heavy atom. The molecule has 0 saturated carbocycles. The van der Waals surface area contributed by atoms with E-state index in [0.29, 0.717) is 11.3 Å². The summed E-state index contributed by atoms with van der Waals surface area (Å²) in [6, 6.07) is 7.92. The molecule has 0 spiro atoms. The van der Waals surface area contributed by atoms with Crippen LogP contribution in [-0.2, 0) is 0 Å². The minimum absolute atomic E-state index is 0.365. The number of halogens is 1. The number of hydrogen-bond acceptors (Lipinski definition) is 3. The van der Waals surface area contributed by atoms with Crippen LogP contribution in [-0.4, -0.2) is 19.6 Å². The van der Waals surface area contributed by atoms with Crippen LogP contribution in [0.4, 0.5) is 4.39 Å². The van der Waals surface area contributed by atoms with Crippen molar-refractivity contribution in [3.8, 4) is 22.7 Å². The van der Waals surface area contributed by atoms with Crippen LogP contribution < -0.4 is 0 Å². The van der Waals surface area contributed by atoms with Crippen molar-refractivity contribution in [2.75, 3.05) is 0 Å². The summed E-state index contributed by atoms with van der Waals surface area (Å²) in [4.78, 5) is 8.25. The van der Waals surface area contributed by atoms with Crippen molar-refractivity contribution in [2.45, 2.75) is 0 Å². The smallest absolute Gasteiger partial charge is 0.165 e. The van der Waals surface area contributed by atoms with E-state index in [1.807, 2.05) is 12.1 Å². The Hall–Kier alpha value is -2.69. The molecule has 0 aliphatic carbocycles. The molecule has 19 heavy (non-hydrogen) atoms. The minimum Gasteiger partial charge on any atom is -0.505 e. The quantitative estimate of drug-likeness (QED) is 0.766. The van der Waals surface area contributed by atoms with Gasteiger partial charge >= 0.3 is 0 Å². The third-order valence-corrected chi connectivity index (χ3v) is 2.77. The van der Waals surface area contributed by atoms with Crippen molar-refractivity contribution in [1.82, 2.24) is 14.5 Å². The zero-order valence-electron chi connectivity index (χ0n) is 9.86. The summed E-state index contributed by atoms with van der Waals surface area (Å²) in [6.07, 6.45) is 6.82. The zero-order chi connectivity index (χ0) is 13.2. The molecule has 3 rings (SSSR count). The monoisotopic (exact) mass is 255 g/mol. The number of aromatic hydroxyl groups is 1. The first kappa shape index (κ1) is 11.4. The molecule has 1 N–H and O–H groups in total. The number of benzene rings is 1. The molecule has 0 saturated heterocycles. The number of phenolic OH excluding ortho intramolecular Hbond substituents is 1. The van der Waals surface area contributed by atoms with Gasteiger partial charge in [0.2, 0.25) is 0 Å². The molecule has 94 valence electrons. The summed E-state index contributed by atoms with van der Waals surface area (Å²) < 4.78 is 15.1. The van der Waals surface area contributed by atoms with Gasteiger partial charge in [0, 0.05) is 18.0 Å². The highest BCUT2D eigenvalue weighted by Gasteiger charge is 2.07. The van der Waals surface area contributed by atoms with Crippen LogP contribution in [0.2, 0.25) is 0 Å². The van der Waals surface area contributed by atoms with Gasteiger partial charge in [-0.15, -0.1) is 0 Å². The maximum absolute atomic E-state index is 13.3. The molecule has 0 unspecified atom stereocenters. The van der Waals surface area contributed by atoms with Gasteiger partial charge in [0.15, 0.2) is 11.6 Å². The Bertz CT molecular complexity index is 710. The van der Waals surface area contributed by atoms with Crippen LogP contribution >= 0.6 is 0 Å². The first-order valence-electron chi connectivity index (χ1n) is 5.67. The zero-order valence-corrected chi connectivity index (χ0v) is 9.86. The second-order valence-corrected chi connectivity index (χ2v) is 4.04. The molecule has 2 aromatic heterocycles. The van der Waals surface area contributed by atoms with Gasteiger partial charge in [0.25, 0.3) is 0 Å². The number of aromatic nitrogens is 3. The Kier molecular flexibility index (Phi) is 2.72. The molecule has 2 heterocycles. The predicted molar refractivity (Wildman–Crippen MR) is 68.4 cm³/mol. The first-order valence-corrected chi connectivity index (χ1v) is 5.67. The molecule has 0 atom stereocenters. The number of pyridine rings is 1. The molecular weight excluding hydrogens is 245 g/mol. The van der Waals surface area contributed by atoms with E-state index in [2.05, 4.69) is 9.97 Å². The average molecular weight is 255 g/mol. The molecule has 0 radical (unpaired) electrons. The molecule has 0 fully saturated rings. The van der Waals surface area contributed by atoms with E-state index in [0.717, 1.165) is 5.69 Å². The summed E-state index contributed by atoms with van der Waals surface area (Å²) >= 11 is 0. The van der Waals surface area contributed by atoms with E-state index in [9.17, 15) is 4.39 Å². The molecule has 1 aromatic carbocycles. The minimum atomic E-state index is -0.659. The number of rotatable bonds is 2. The maximum Gasteiger partial charge on any atom is 0.165 e. The molecule has 0 aliphatic rings. The SMILES string of the molecule is Oc1ccc(-c2cn(-c3cccnc3)cn2)cc1F. The highest BCUT2D eigenvalue weighted by atomic mass is 19.1. The highest BCUT2D eigenvalue weighted by molar-refractivity contribution is 5.60. The molecule has 0 bridgehead atoms. The number of nitrogens with zero attached hydrogens (tertiary/aromatic N) is 3. The lowest BCUT2D eigenvalue weighted by molar-refractivity contribution is 0.432. The molecule has 0 aliphatic heterocycles. The summed E-state index contributed by atoms with van der Waals surface area (Å²) in [5, 5.41) is 9.16. The van der Waals surface area contributed by atoms with Crippen molar-refractivity contribution >= 4 is 0 Å². The second kappa shape index (κ2) is 4.53. The fourth-order valence-corrected chi connectivity index (χ4v) is 1.79. The fourth-order valence-electron chi connectivity index (χ4n) is 1.79.